The van der Waals surface area contributed by atoms with E-state index < -0.39 is 11.7 Å². The van der Waals surface area contributed by atoms with Crippen molar-refractivity contribution in [3.63, 3.8) is 0 Å². The van der Waals surface area contributed by atoms with Gasteiger partial charge in [0, 0.05) is 44.9 Å². The van der Waals surface area contributed by atoms with Gasteiger partial charge in [0.15, 0.2) is 0 Å². The second kappa shape index (κ2) is 7.42. The van der Waals surface area contributed by atoms with Crippen molar-refractivity contribution in [1.29, 1.82) is 0 Å². The number of amides is 1. The molecule has 3 rings (SSSR count). The fraction of sp³-hybridized carbons (Fsp3) is 0.389. The Kier molecular flexibility index (Phi) is 5.20. The number of anilines is 3. The van der Waals surface area contributed by atoms with E-state index in [2.05, 4.69) is 20.2 Å². The van der Waals surface area contributed by atoms with Crippen LogP contribution in [0, 0.1) is 6.92 Å². The molecule has 1 aromatic carbocycles. The van der Waals surface area contributed by atoms with Crippen LogP contribution in [0.4, 0.5) is 30.5 Å². The molecule has 2 aromatic rings. The molecule has 9 heteroatoms. The molecule has 0 aliphatic carbocycles. The van der Waals surface area contributed by atoms with E-state index >= 15 is 0 Å². The van der Waals surface area contributed by atoms with E-state index in [1.807, 2.05) is 0 Å². The van der Waals surface area contributed by atoms with Gasteiger partial charge in [-0.3, -0.25) is 4.79 Å². The lowest BCUT2D eigenvalue weighted by Gasteiger charge is -2.35. The molecule has 27 heavy (non-hydrogen) atoms. The summed E-state index contributed by atoms with van der Waals surface area (Å²) in [7, 11) is 0. The fourth-order valence-electron chi connectivity index (χ4n) is 2.92. The predicted molar refractivity (Wildman–Crippen MR) is 96.0 cm³/mol. The molecule has 1 fully saturated rings. The van der Waals surface area contributed by atoms with Gasteiger partial charge in [0.1, 0.15) is 17.5 Å². The standard InChI is InChI=1S/C18H20F3N5O/c1-12-22-16(24-15-5-3-14(4-6-15)18(19,20)21)11-17(23-12)26-9-7-25(8-10-26)13(2)27/h3-6,11H,7-10H2,1-2H3,(H,22,23,24). The molecular formula is C18H20F3N5O. The predicted octanol–water partition coefficient (Wildman–Crippen LogP) is 3.22. The van der Waals surface area contributed by atoms with Crippen molar-refractivity contribution < 1.29 is 18.0 Å². The summed E-state index contributed by atoms with van der Waals surface area (Å²) in [6, 6.07) is 6.54. The van der Waals surface area contributed by atoms with E-state index in [-0.39, 0.29) is 5.91 Å². The van der Waals surface area contributed by atoms with E-state index in [4.69, 9.17) is 0 Å². The summed E-state index contributed by atoms with van der Waals surface area (Å²) in [5.74, 6) is 1.83. The van der Waals surface area contributed by atoms with E-state index in [0.717, 1.165) is 18.0 Å². The Morgan fingerprint density at radius 2 is 1.70 bits per heavy atom. The minimum atomic E-state index is -4.36. The van der Waals surface area contributed by atoms with Crippen LogP contribution in [0.5, 0.6) is 0 Å². The highest BCUT2D eigenvalue weighted by Crippen LogP contribution is 2.30. The van der Waals surface area contributed by atoms with Gasteiger partial charge in [-0.25, -0.2) is 9.97 Å². The smallest absolute Gasteiger partial charge is 0.353 e. The van der Waals surface area contributed by atoms with Gasteiger partial charge in [-0.1, -0.05) is 0 Å². The van der Waals surface area contributed by atoms with Gasteiger partial charge < -0.3 is 15.1 Å². The van der Waals surface area contributed by atoms with Crippen molar-refractivity contribution in [3.8, 4) is 0 Å². The molecule has 0 saturated carbocycles. The summed E-state index contributed by atoms with van der Waals surface area (Å²) in [6.45, 7) is 5.88. The zero-order chi connectivity index (χ0) is 19.6. The SMILES string of the molecule is CC(=O)N1CCN(c2cc(Nc3ccc(C(F)(F)F)cc3)nc(C)n2)CC1. The van der Waals surface area contributed by atoms with Gasteiger partial charge >= 0.3 is 6.18 Å². The summed E-state index contributed by atoms with van der Waals surface area (Å²) in [6.07, 6.45) is -4.36. The highest BCUT2D eigenvalue weighted by Gasteiger charge is 2.30. The number of benzene rings is 1. The molecule has 0 radical (unpaired) electrons. The van der Waals surface area contributed by atoms with Gasteiger partial charge in [-0.2, -0.15) is 13.2 Å². The molecule has 0 unspecified atom stereocenters. The topological polar surface area (TPSA) is 61.4 Å². The molecule has 1 aromatic heterocycles. The first kappa shape index (κ1) is 18.9. The summed E-state index contributed by atoms with van der Waals surface area (Å²) < 4.78 is 38.0. The Balaban J connectivity index is 1.73. The first-order chi connectivity index (χ1) is 12.7. The Hall–Kier alpha value is -2.84. The molecule has 0 spiro atoms. The summed E-state index contributed by atoms with van der Waals surface area (Å²) in [5, 5.41) is 3.02. The Bertz CT molecular complexity index is 815. The van der Waals surface area contributed by atoms with Crippen LogP contribution in [0.15, 0.2) is 30.3 Å². The van der Waals surface area contributed by atoms with E-state index in [1.165, 1.54) is 12.1 Å². The number of nitrogens with one attached hydrogen (secondary N) is 1. The molecule has 2 heterocycles. The molecule has 1 amide bonds. The van der Waals surface area contributed by atoms with Crippen LogP contribution in [0.1, 0.15) is 18.3 Å². The maximum atomic E-state index is 12.7. The Morgan fingerprint density at radius 3 is 2.26 bits per heavy atom. The first-order valence-electron chi connectivity index (χ1n) is 8.53. The van der Waals surface area contributed by atoms with Crippen molar-refractivity contribution in [3.05, 3.63) is 41.7 Å². The molecule has 144 valence electrons. The molecule has 0 atom stereocenters. The van der Waals surface area contributed by atoms with Crippen LogP contribution >= 0.6 is 0 Å². The number of aryl methyl sites for hydroxylation is 1. The van der Waals surface area contributed by atoms with Crippen molar-refractivity contribution in [1.82, 2.24) is 14.9 Å². The summed E-state index contributed by atoms with van der Waals surface area (Å²) >= 11 is 0. The van der Waals surface area contributed by atoms with Crippen molar-refractivity contribution in [2.75, 3.05) is 36.4 Å². The summed E-state index contributed by atoms with van der Waals surface area (Å²) in [5.41, 5.74) is -0.190. The van der Waals surface area contributed by atoms with Gasteiger partial charge in [-0.05, 0) is 31.2 Å². The quantitative estimate of drug-likeness (QED) is 0.887. The number of rotatable bonds is 3. The van der Waals surface area contributed by atoms with Crippen molar-refractivity contribution in [2.24, 2.45) is 0 Å². The molecular weight excluding hydrogens is 359 g/mol. The van der Waals surface area contributed by atoms with Gasteiger partial charge in [-0.15, -0.1) is 0 Å². The average Bonchev–Trinajstić information content (AvgIpc) is 2.61. The molecule has 1 aliphatic rings. The van der Waals surface area contributed by atoms with Gasteiger partial charge in [0.25, 0.3) is 0 Å². The minimum absolute atomic E-state index is 0.0539. The number of alkyl halides is 3. The third-order valence-electron chi connectivity index (χ3n) is 4.36. The van der Waals surface area contributed by atoms with E-state index in [1.54, 1.807) is 24.8 Å². The Morgan fingerprint density at radius 1 is 1.07 bits per heavy atom. The third-order valence-corrected chi connectivity index (χ3v) is 4.36. The number of halogens is 3. The van der Waals surface area contributed by atoms with Crippen LogP contribution in [0.25, 0.3) is 0 Å². The fourth-order valence-corrected chi connectivity index (χ4v) is 2.92. The van der Waals surface area contributed by atoms with Crippen molar-refractivity contribution >= 4 is 23.2 Å². The van der Waals surface area contributed by atoms with Crippen LogP contribution < -0.4 is 10.2 Å². The maximum Gasteiger partial charge on any atom is 0.416 e. The average molecular weight is 379 g/mol. The number of piperazine rings is 1. The van der Waals surface area contributed by atoms with Crippen LogP contribution in [0.3, 0.4) is 0 Å². The number of hydrogen-bond acceptors (Lipinski definition) is 5. The van der Waals surface area contributed by atoms with E-state index in [0.29, 0.717) is 43.5 Å². The zero-order valence-electron chi connectivity index (χ0n) is 15.0. The monoisotopic (exact) mass is 379 g/mol. The van der Waals surface area contributed by atoms with E-state index in [9.17, 15) is 18.0 Å². The third kappa shape index (κ3) is 4.66. The lowest BCUT2D eigenvalue weighted by molar-refractivity contribution is -0.137. The van der Waals surface area contributed by atoms with Gasteiger partial charge in [0.2, 0.25) is 5.91 Å². The molecule has 1 saturated heterocycles. The first-order valence-corrected chi connectivity index (χ1v) is 8.53. The second-order valence-electron chi connectivity index (χ2n) is 6.35. The lowest BCUT2D eigenvalue weighted by Crippen LogP contribution is -2.48. The number of hydrogen-bond donors (Lipinski definition) is 1. The maximum absolute atomic E-state index is 12.7. The normalized spacial score (nSPS) is 15.0. The van der Waals surface area contributed by atoms with Crippen LogP contribution in [0.2, 0.25) is 0 Å². The highest BCUT2D eigenvalue weighted by molar-refractivity contribution is 5.73. The zero-order valence-corrected chi connectivity index (χ0v) is 15.0. The lowest BCUT2D eigenvalue weighted by atomic mass is 10.2. The number of carbonyl (C=O) groups excluding carboxylic acids is 1. The number of nitrogens with zero attached hydrogens (tertiary/aromatic N) is 4. The molecule has 1 N–H and O–H groups in total. The molecule has 0 bridgehead atoms. The highest BCUT2D eigenvalue weighted by atomic mass is 19.4. The Labute approximate surface area is 155 Å². The largest absolute Gasteiger partial charge is 0.416 e. The molecule has 6 nitrogen and oxygen atoms in total. The van der Waals surface area contributed by atoms with Crippen LogP contribution in [-0.4, -0.2) is 47.0 Å². The van der Waals surface area contributed by atoms with Crippen LogP contribution in [-0.2, 0) is 11.0 Å². The number of aromatic nitrogens is 2. The molecule has 1 aliphatic heterocycles. The minimum Gasteiger partial charge on any atom is -0.353 e. The second-order valence-corrected chi connectivity index (χ2v) is 6.35. The number of carbonyl (C=O) groups is 1. The van der Waals surface area contributed by atoms with Crippen molar-refractivity contribution in [2.45, 2.75) is 20.0 Å². The summed E-state index contributed by atoms with van der Waals surface area (Å²) in [4.78, 5) is 24.0. The van der Waals surface area contributed by atoms with Gasteiger partial charge in [0.05, 0.1) is 5.56 Å².